The van der Waals surface area contributed by atoms with Gasteiger partial charge in [-0.05, 0) is 60.7 Å². The number of hydrogen-bond donors (Lipinski definition) is 3. The SMILES string of the molecule is NS(=O)(=O)c1ccc(NCc2cn(-c3ccc(C(=O)O)cc3)nc2-c2ccc(C(F)(F)F)cc2)cc1. The summed E-state index contributed by atoms with van der Waals surface area (Å²) in [5.74, 6) is -1.08. The number of aromatic nitrogens is 2. The maximum Gasteiger partial charge on any atom is 0.416 e. The van der Waals surface area contributed by atoms with Crippen LogP contribution in [0.1, 0.15) is 21.5 Å². The molecule has 0 aliphatic rings. The van der Waals surface area contributed by atoms with Crippen LogP contribution in [-0.4, -0.2) is 29.3 Å². The van der Waals surface area contributed by atoms with E-state index in [0.29, 0.717) is 28.2 Å². The average molecular weight is 517 g/mol. The van der Waals surface area contributed by atoms with Crippen LogP contribution in [0, 0.1) is 0 Å². The monoisotopic (exact) mass is 516 g/mol. The van der Waals surface area contributed by atoms with E-state index in [1.807, 2.05) is 0 Å². The zero-order chi connectivity index (χ0) is 26.1. The number of primary sulfonamides is 1. The molecule has 0 radical (unpaired) electrons. The van der Waals surface area contributed by atoms with Crippen LogP contribution in [0.15, 0.2) is 83.9 Å². The maximum absolute atomic E-state index is 13.0. The Morgan fingerprint density at radius 2 is 1.58 bits per heavy atom. The van der Waals surface area contributed by atoms with Gasteiger partial charge in [-0.3, -0.25) is 0 Å². The van der Waals surface area contributed by atoms with Gasteiger partial charge in [-0.25, -0.2) is 23.0 Å². The van der Waals surface area contributed by atoms with Gasteiger partial charge in [0.2, 0.25) is 10.0 Å². The molecule has 0 spiro atoms. The molecule has 186 valence electrons. The number of carboxylic acids is 1. The Labute approximate surface area is 203 Å². The van der Waals surface area contributed by atoms with Crippen LogP contribution in [0.5, 0.6) is 0 Å². The molecule has 4 aromatic rings. The van der Waals surface area contributed by atoms with Crippen LogP contribution < -0.4 is 10.5 Å². The van der Waals surface area contributed by atoms with Crippen molar-refractivity contribution in [3.8, 4) is 16.9 Å². The number of hydrogen-bond acceptors (Lipinski definition) is 5. The Morgan fingerprint density at radius 3 is 2.11 bits per heavy atom. The molecule has 4 N–H and O–H groups in total. The van der Waals surface area contributed by atoms with E-state index in [-0.39, 0.29) is 17.0 Å². The van der Waals surface area contributed by atoms with Gasteiger partial charge in [0.1, 0.15) is 0 Å². The summed E-state index contributed by atoms with van der Waals surface area (Å²) in [6.45, 7) is 0.207. The minimum atomic E-state index is -4.47. The Hall–Kier alpha value is -4.16. The van der Waals surface area contributed by atoms with Crippen LogP contribution in [0.4, 0.5) is 18.9 Å². The lowest BCUT2D eigenvalue weighted by Gasteiger charge is -2.09. The van der Waals surface area contributed by atoms with Crippen molar-refractivity contribution in [1.82, 2.24) is 9.78 Å². The van der Waals surface area contributed by atoms with Gasteiger partial charge >= 0.3 is 12.1 Å². The molecule has 0 bridgehead atoms. The van der Waals surface area contributed by atoms with Crippen LogP contribution >= 0.6 is 0 Å². The van der Waals surface area contributed by atoms with Crippen LogP contribution in [0.25, 0.3) is 16.9 Å². The number of carbonyl (C=O) groups is 1. The Bertz CT molecular complexity index is 1500. The van der Waals surface area contributed by atoms with E-state index >= 15 is 0 Å². The second-order valence-electron chi connectivity index (χ2n) is 7.80. The molecule has 0 atom stereocenters. The van der Waals surface area contributed by atoms with Crippen LogP contribution in [0.3, 0.4) is 0 Å². The van der Waals surface area contributed by atoms with E-state index in [0.717, 1.165) is 12.1 Å². The highest BCUT2D eigenvalue weighted by Gasteiger charge is 2.30. The number of rotatable bonds is 7. The molecule has 1 aromatic heterocycles. The van der Waals surface area contributed by atoms with Crippen molar-refractivity contribution in [3.63, 3.8) is 0 Å². The Balaban J connectivity index is 1.67. The van der Waals surface area contributed by atoms with Gasteiger partial charge in [0, 0.05) is 29.6 Å². The molecule has 0 aliphatic heterocycles. The molecule has 8 nitrogen and oxygen atoms in total. The normalized spacial score (nSPS) is 11.9. The molecule has 3 aromatic carbocycles. The first-order valence-electron chi connectivity index (χ1n) is 10.4. The molecule has 0 fully saturated rings. The number of nitrogens with two attached hydrogens (primary N) is 1. The number of benzene rings is 3. The van der Waals surface area contributed by atoms with E-state index in [2.05, 4.69) is 10.4 Å². The van der Waals surface area contributed by atoms with Crippen molar-refractivity contribution < 1.29 is 31.5 Å². The number of nitrogens with one attached hydrogen (secondary N) is 1. The van der Waals surface area contributed by atoms with Crippen LogP contribution in [-0.2, 0) is 22.7 Å². The topological polar surface area (TPSA) is 127 Å². The quantitative estimate of drug-likeness (QED) is 0.332. The van der Waals surface area contributed by atoms with Crippen LogP contribution in [0.2, 0.25) is 0 Å². The molecular formula is C24H19F3N4O4S. The number of carboxylic acid groups (broad SMARTS) is 1. The second kappa shape index (κ2) is 9.47. The Kier molecular flexibility index (Phi) is 6.57. The molecule has 1 heterocycles. The van der Waals surface area contributed by atoms with E-state index < -0.39 is 27.7 Å². The molecule has 12 heteroatoms. The lowest BCUT2D eigenvalue weighted by molar-refractivity contribution is -0.137. The van der Waals surface area contributed by atoms with Gasteiger partial charge in [0.05, 0.1) is 27.4 Å². The van der Waals surface area contributed by atoms with Crippen molar-refractivity contribution in [2.75, 3.05) is 5.32 Å². The molecule has 0 aliphatic carbocycles. The fourth-order valence-corrected chi connectivity index (χ4v) is 3.96. The zero-order valence-electron chi connectivity index (χ0n) is 18.4. The smallest absolute Gasteiger partial charge is 0.416 e. The van der Waals surface area contributed by atoms with Gasteiger partial charge in [-0.15, -0.1) is 0 Å². The molecule has 4 rings (SSSR count). The first-order chi connectivity index (χ1) is 16.9. The number of halogens is 3. The van der Waals surface area contributed by atoms with E-state index in [1.165, 1.54) is 53.2 Å². The summed E-state index contributed by atoms with van der Waals surface area (Å²) in [4.78, 5) is 11.1. The molecule has 36 heavy (non-hydrogen) atoms. The Morgan fingerprint density at radius 1 is 0.972 bits per heavy atom. The number of aromatic carboxylic acids is 1. The minimum Gasteiger partial charge on any atom is -0.478 e. The highest BCUT2D eigenvalue weighted by atomic mass is 32.2. The highest BCUT2D eigenvalue weighted by Crippen LogP contribution is 2.32. The minimum absolute atomic E-state index is 0.0453. The second-order valence-corrected chi connectivity index (χ2v) is 9.36. The summed E-state index contributed by atoms with van der Waals surface area (Å²) in [5.41, 5.74) is 1.94. The first kappa shape index (κ1) is 24.9. The fraction of sp³-hybridized carbons (Fsp3) is 0.0833. The summed E-state index contributed by atoms with van der Waals surface area (Å²) < 4.78 is 63.4. The third-order valence-corrected chi connectivity index (χ3v) is 6.25. The largest absolute Gasteiger partial charge is 0.478 e. The lowest BCUT2D eigenvalue weighted by atomic mass is 10.1. The summed E-state index contributed by atoms with van der Waals surface area (Å²) >= 11 is 0. The summed E-state index contributed by atoms with van der Waals surface area (Å²) in [6, 6.07) is 16.3. The zero-order valence-corrected chi connectivity index (χ0v) is 19.2. The highest BCUT2D eigenvalue weighted by molar-refractivity contribution is 7.89. The van der Waals surface area contributed by atoms with Gasteiger partial charge in [-0.2, -0.15) is 18.3 Å². The number of nitrogens with zero attached hydrogens (tertiary/aromatic N) is 2. The maximum atomic E-state index is 13.0. The van der Waals surface area contributed by atoms with Crippen molar-refractivity contribution in [1.29, 1.82) is 0 Å². The van der Waals surface area contributed by atoms with Crippen molar-refractivity contribution in [2.24, 2.45) is 5.14 Å². The molecular weight excluding hydrogens is 497 g/mol. The standard InChI is InChI=1S/C24H19F3N4O4S/c25-24(26,27)18-5-1-15(2-6-18)22-17(13-29-19-7-11-21(12-8-19)36(28,34)35)14-31(30-22)20-9-3-16(4-10-20)23(32)33/h1-12,14,29H,13H2,(H,32,33)(H2,28,34,35). The van der Waals surface area contributed by atoms with Gasteiger partial charge < -0.3 is 10.4 Å². The predicted octanol–water partition coefficient (Wildman–Crippen LogP) is 4.52. The van der Waals surface area contributed by atoms with E-state index in [4.69, 9.17) is 10.2 Å². The van der Waals surface area contributed by atoms with Gasteiger partial charge in [0.15, 0.2) is 0 Å². The molecule has 0 saturated heterocycles. The first-order valence-corrected chi connectivity index (χ1v) is 11.9. The van der Waals surface area contributed by atoms with Crippen molar-refractivity contribution in [2.45, 2.75) is 17.6 Å². The third-order valence-electron chi connectivity index (χ3n) is 5.32. The lowest BCUT2D eigenvalue weighted by Crippen LogP contribution is -2.12. The summed E-state index contributed by atoms with van der Waals surface area (Å²) in [7, 11) is -3.84. The van der Waals surface area contributed by atoms with Crippen molar-refractivity contribution >= 4 is 21.7 Å². The number of sulfonamides is 1. The molecule has 0 unspecified atom stereocenters. The number of anilines is 1. The molecule has 0 saturated carbocycles. The van der Waals surface area contributed by atoms with E-state index in [9.17, 15) is 26.4 Å². The van der Waals surface area contributed by atoms with E-state index in [1.54, 1.807) is 18.3 Å². The summed E-state index contributed by atoms with van der Waals surface area (Å²) in [6.07, 6.45) is -2.80. The number of alkyl halides is 3. The van der Waals surface area contributed by atoms with Gasteiger partial charge in [-0.1, -0.05) is 12.1 Å². The summed E-state index contributed by atoms with van der Waals surface area (Å²) in [5, 5.41) is 21.9. The molecule has 0 amide bonds. The average Bonchev–Trinajstić information content (AvgIpc) is 3.26. The predicted molar refractivity (Wildman–Crippen MR) is 126 cm³/mol. The van der Waals surface area contributed by atoms with Gasteiger partial charge in [0.25, 0.3) is 0 Å². The fourth-order valence-electron chi connectivity index (χ4n) is 3.45. The third kappa shape index (κ3) is 5.56. The van der Waals surface area contributed by atoms with Crippen molar-refractivity contribution in [3.05, 3.63) is 95.7 Å².